The Hall–Kier alpha value is -2.82. The van der Waals surface area contributed by atoms with Gasteiger partial charge in [0.25, 0.3) is 5.91 Å². The molecule has 0 aromatic heterocycles. The maximum absolute atomic E-state index is 13.5. The number of carbonyl (C=O) groups excluding carboxylic acids is 2. The van der Waals surface area contributed by atoms with Gasteiger partial charge in [-0.25, -0.2) is 0 Å². The molecule has 0 spiro atoms. The second-order valence-electron chi connectivity index (χ2n) is 6.67. The lowest BCUT2D eigenvalue weighted by Crippen LogP contribution is -2.43. The van der Waals surface area contributed by atoms with E-state index in [4.69, 9.17) is 28.9 Å². The molecule has 3 aromatic carbocycles. The average Bonchev–Trinajstić information content (AvgIpc) is 2.72. The number of hydrogen-bond donors (Lipinski definition) is 1. The summed E-state index contributed by atoms with van der Waals surface area (Å²) in [6.07, 6.45) is 0. The van der Waals surface area contributed by atoms with Crippen molar-refractivity contribution in [1.29, 1.82) is 0 Å². The number of nitrogens with zero attached hydrogens (tertiary/aromatic N) is 1. The van der Waals surface area contributed by atoms with E-state index in [1.54, 1.807) is 66.7 Å². The maximum Gasteiger partial charge on any atom is 0.255 e. The van der Waals surface area contributed by atoms with E-state index in [9.17, 15) is 9.59 Å². The molecule has 29 heavy (non-hydrogen) atoms. The van der Waals surface area contributed by atoms with Crippen molar-refractivity contribution in [2.75, 3.05) is 0 Å². The monoisotopic (exact) mass is 426 g/mol. The molecule has 0 fully saturated rings. The first-order chi connectivity index (χ1) is 13.9. The van der Waals surface area contributed by atoms with E-state index >= 15 is 0 Å². The summed E-state index contributed by atoms with van der Waals surface area (Å²) in [6, 6.07) is 21.3. The lowest BCUT2D eigenvalue weighted by molar-refractivity contribution is -0.123. The summed E-state index contributed by atoms with van der Waals surface area (Å²) in [5.74, 6) is -0.942. The van der Waals surface area contributed by atoms with Crippen LogP contribution >= 0.6 is 23.2 Å². The zero-order valence-corrected chi connectivity index (χ0v) is 17.3. The molecule has 0 radical (unpaired) electrons. The lowest BCUT2D eigenvalue weighted by Gasteiger charge is -2.35. The molecular weight excluding hydrogens is 407 g/mol. The van der Waals surface area contributed by atoms with Crippen molar-refractivity contribution in [1.82, 2.24) is 4.90 Å². The third-order valence-electron chi connectivity index (χ3n) is 4.74. The van der Waals surface area contributed by atoms with E-state index in [0.29, 0.717) is 21.2 Å². The summed E-state index contributed by atoms with van der Waals surface area (Å²) in [5, 5.41) is 1.07. The van der Waals surface area contributed by atoms with Crippen LogP contribution in [0.4, 0.5) is 0 Å². The van der Waals surface area contributed by atoms with Crippen molar-refractivity contribution >= 4 is 35.0 Å². The van der Waals surface area contributed by atoms with Crippen molar-refractivity contribution in [2.24, 2.45) is 5.73 Å². The first kappa shape index (κ1) is 20.9. The Balaban J connectivity index is 2.13. The molecule has 0 aliphatic rings. The van der Waals surface area contributed by atoms with Crippen molar-refractivity contribution in [3.05, 3.63) is 106 Å². The van der Waals surface area contributed by atoms with E-state index in [-0.39, 0.29) is 5.91 Å². The standard InChI is InChI=1S/C23H20Cl2N2O2/c1-15(18-8-5-9-20(25)14-18)27(23(29)17-6-3-2-4-7-17)21(22(26)28)16-10-12-19(24)13-11-16/h2-15,21H,1H3,(H2,26,28)/t15-,21-/m1/s1. The van der Waals surface area contributed by atoms with Crippen molar-refractivity contribution in [3.63, 3.8) is 0 Å². The van der Waals surface area contributed by atoms with Crippen molar-refractivity contribution in [2.45, 2.75) is 19.0 Å². The van der Waals surface area contributed by atoms with Crippen LogP contribution in [0, 0.1) is 0 Å². The number of amides is 2. The molecule has 0 saturated heterocycles. The number of halogens is 2. The van der Waals surface area contributed by atoms with E-state index in [1.165, 1.54) is 4.90 Å². The summed E-state index contributed by atoms with van der Waals surface area (Å²) in [7, 11) is 0. The largest absolute Gasteiger partial charge is 0.368 e. The molecule has 4 nitrogen and oxygen atoms in total. The third kappa shape index (κ3) is 4.78. The van der Waals surface area contributed by atoms with Crippen LogP contribution in [0.1, 0.15) is 40.5 Å². The molecule has 6 heteroatoms. The van der Waals surface area contributed by atoms with E-state index in [2.05, 4.69) is 0 Å². The van der Waals surface area contributed by atoms with Crippen LogP contribution in [0.3, 0.4) is 0 Å². The highest BCUT2D eigenvalue weighted by Crippen LogP contribution is 2.33. The molecule has 0 unspecified atom stereocenters. The fourth-order valence-electron chi connectivity index (χ4n) is 3.28. The number of nitrogens with two attached hydrogens (primary N) is 1. The summed E-state index contributed by atoms with van der Waals surface area (Å²) in [5.41, 5.74) is 7.61. The van der Waals surface area contributed by atoms with Gasteiger partial charge in [-0.05, 0) is 54.4 Å². The number of rotatable bonds is 6. The van der Waals surface area contributed by atoms with Crippen LogP contribution in [0.25, 0.3) is 0 Å². The molecule has 2 amide bonds. The van der Waals surface area contributed by atoms with Crippen LogP contribution < -0.4 is 5.73 Å². The highest BCUT2D eigenvalue weighted by Gasteiger charge is 2.34. The molecule has 0 bridgehead atoms. The Morgan fingerprint density at radius 1 is 0.828 bits per heavy atom. The van der Waals surface area contributed by atoms with Gasteiger partial charge in [0.15, 0.2) is 0 Å². The van der Waals surface area contributed by atoms with Gasteiger partial charge in [-0.1, -0.05) is 65.7 Å². The molecule has 0 heterocycles. The smallest absolute Gasteiger partial charge is 0.255 e. The van der Waals surface area contributed by atoms with Gasteiger partial charge in [0.2, 0.25) is 5.91 Å². The summed E-state index contributed by atoms with van der Waals surface area (Å²) in [6.45, 7) is 1.85. The van der Waals surface area contributed by atoms with Gasteiger partial charge in [0.05, 0.1) is 6.04 Å². The minimum Gasteiger partial charge on any atom is -0.368 e. The summed E-state index contributed by atoms with van der Waals surface area (Å²) < 4.78 is 0. The number of benzene rings is 3. The van der Waals surface area contributed by atoms with Crippen molar-refractivity contribution in [3.8, 4) is 0 Å². The van der Waals surface area contributed by atoms with Crippen LogP contribution in [0.5, 0.6) is 0 Å². The van der Waals surface area contributed by atoms with E-state index in [1.807, 2.05) is 19.1 Å². The molecule has 2 N–H and O–H groups in total. The average molecular weight is 427 g/mol. The van der Waals surface area contributed by atoms with Crippen LogP contribution in [-0.2, 0) is 4.79 Å². The second kappa shape index (κ2) is 9.12. The molecule has 3 aromatic rings. The van der Waals surface area contributed by atoms with E-state index in [0.717, 1.165) is 5.56 Å². The van der Waals surface area contributed by atoms with E-state index < -0.39 is 18.0 Å². The van der Waals surface area contributed by atoms with Gasteiger partial charge in [0, 0.05) is 15.6 Å². The van der Waals surface area contributed by atoms with Gasteiger partial charge >= 0.3 is 0 Å². The molecule has 0 saturated carbocycles. The fourth-order valence-corrected chi connectivity index (χ4v) is 3.61. The molecule has 0 aliphatic heterocycles. The van der Waals surface area contributed by atoms with Gasteiger partial charge in [-0.15, -0.1) is 0 Å². The van der Waals surface area contributed by atoms with Crippen LogP contribution in [-0.4, -0.2) is 16.7 Å². The Morgan fingerprint density at radius 3 is 2.07 bits per heavy atom. The van der Waals surface area contributed by atoms with Gasteiger partial charge < -0.3 is 10.6 Å². The zero-order chi connectivity index (χ0) is 21.0. The minimum atomic E-state index is -0.978. The lowest BCUT2D eigenvalue weighted by atomic mass is 9.98. The fraction of sp³-hybridized carbons (Fsp3) is 0.130. The third-order valence-corrected chi connectivity index (χ3v) is 5.22. The summed E-state index contributed by atoms with van der Waals surface area (Å²) >= 11 is 12.2. The highest BCUT2D eigenvalue weighted by atomic mass is 35.5. The van der Waals surface area contributed by atoms with Crippen molar-refractivity contribution < 1.29 is 9.59 Å². The zero-order valence-electron chi connectivity index (χ0n) is 15.8. The normalized spacial score (nSPS) is 12.8. The quantitative estimate of drug-likeness (QED) is 0.571. The summed E-state index contributed by atoms with van der Waals surface area (Å²) in [4.78, 5) is 27.5. The molecule has 2 atom stereocenters. The molecule has 148 valence electrons. The second-order valence-corrected chi connectivity index (χ2v) is 7.54. The SMILES string of the molecule is C[C@H](c1cccc(Cl)c1)N(C(=O)c1ccccc1)[C@@H](C(N)=O)c1ccc(Cl)cc1. The minimum absolute atomic E-state index is 0.308. The predicted molar refractivity (Wildman–Crippen MR) is 116 cm³/mol. The Labute approximate surface area is 179 Å². The number of primary amides is 1. The first-order valence-electron chi connectivity index (χ1n) is 9.06. The van der Waals surface area contributed by atoms with Crippen LogP contribution in [0.2, 0.25) is 10.0 Å². The topological polar surface area (TPSA) is 63.4 Å². The Morgan fingerprint density at radius 2 is 1.48 bits per heavy atom. The Kier molecular flexibility index (Phi) is 6.57. The highest BCUT2D eigenvalue weighted by molar-refractivity contribution is 6.30. The molecular formula is C23H20Cl2N2O2. The Bertz CT molecular complexity index is 1010. The number of hydrogen-bond acceptors (Lipinski definition) is 2. The van der Waals surface area contributed by atoms with Gasteiger partial charge in [0.1, 0.15) is 6.04 Å². The van der Waals surface area contributed by atoms with Crippen LogP contribution in [0.15, 0.2) is 78.9 Å². The first-order valence-corrected chi connectivity index (χ1v) is 9.82. The van der Waals surface area contributed by atoms with Gasteiger partial charge in [-0.2, -0.15) is 0 Å². The van der Waals surface area contributed by atoms with Gasteiger partial charge in [-0.3, -0.25) is 9.59 Å². The predicted octanol–water partition coefficient (Wildman–Crippen LogP) is 5.42. The number of carbonyl (C=O) groups is 2. The molecule has 3 rings (SSSR count). The maximum atomic E-state index is 13.5. The molecule has 0 aliphatic carbocycles.